The third kappa shape index (κ3) is 7.04. The number of fused-ring (bicyclic) bond motifs is 2. The highest BCUT2D eigenvalue weighted by atomic mass is 32.1. The van der Waals surface area contributed by atoms with Crippen molar-refractivity contribution >= 4 is 29.2 Å². The molecule has 6 atom stereocenters. The average Bonchev–Trinajstić information content (AvgIpc) is 4.05. The molecule has 280 valence electrons. The number of rotatable bonds is 11. The summed E-state index contributed by atoms with van der Waals surface area (Å²) in [7, 11) is 1.30. The Kier molecular flexibility index (Phi) is 10.1. The van der Waals surface area contributed by atoms with E-state index in [0.717, 1.165) is 82.4 Å². The van der Waals surface area contributed by atoms with Crippen molar-refractivity contribution in [2.75, 3.05) is 13.7 Å². The van der Waals surface area contributed by atoms with E-state index in [1.165, 1.54) is 7.11 Å². The summed E-state index contributed by atoms with van der Waals surface area (Å²) in [6.45, 7) is 4.90. The Balaban J connectivity index is 0.920. The lowest BCUT2D eigenvalue weighted by Gasteiger charge is -2.30. The number of carbonyl (C=O) groups excluding carboxylic acids is 3. The zero-order valence-corrected chi connectivity index (χ0v) is 31.6. The maximum Gasteiger partial charge on any atom is 0.407 e. The number of methoxy groups -OCH3 is 1. The number of hydrogen-bond donors (Lipinski definition) is 4. The number of likely N-dealkylation sites (tertiary alicyclic amines) is 1. The van der Waals surface area contributed by atoms with E-state index in [4.69, 9.17) is 9.72 Å². The first kappa shape index (κ1) is 35.7. The van der Waals surface area contributed by atoms with Crippen LogP contribution in [-0.4, -0.2) is 67.4 Å². The largest absolute Gasteiger partial charge is 0.453 e. The molecule has 2 bridgehead atoms. The molecule has 2 aromatic carbocycles. The fourth-order valence-electron chi connectivity index (χ4n) is 8.87. The fraction of sp³-hybridized carbons (Fsp3) is 0.415. The van der Waals surface area contributed by atoms with Crippen molar-refractivity contribution in [3.8, 4) is 33.6 Å². The molecule has 2 saturated carbocycles. The van der Waals surface area contributed by atoms with Crippen LogP contribution < -0.4 is 10.6 Å². The first-order valence-electron chi connectivity index (χ1n) is 18.9. The summed E-state index contributed by atoms with van der Waals surface area (Å²) in [6.07, 6.45) is 9.87. The zero-order valence-electron chi connectivity index (χ0n) is 30.7. The van der Waals surface area contributed by atoms with Crippen molar-refractivity contribution in [2.24, 2.45) is 23.7 Å². The summed E-state index contributed by atoms with van der Waals surface area (Å²) < 4.78 is 4.76. The van der Waals surface area contributed by atoms with Crippen LogP contribution in [-0.2, 0) is 20.9 Å². The number of H-pyrrole nitrogens is 2. The highest BCUT2D eigenvalue weighted by molar-refractivity contribution is 7.09. The summed E-state index contributed by atoms with van der Waals surface area (Å²) in [5, 5.41) is 8.71. The van der Waals surface area contributed by atoms with Crippen LogP contribution in [0.25, 0.3) is 33.6 Å². The van der Waals surface area contributed by atoms with Gasteiger partial charge in [-0.1, -0.05) is 62.4 Å². The molecule has 13 heteroatoms. The van der Waals surface area contributed by atoms with Crippen molar-refractivity contribution in [1.29, 1.82) is 0 Å². The molecular weight excluding hydrogens is 701 g/mol. The van der Waals surface area contributed by atoms with Gasteiger partial charge in [0, 0.05) is 24.0 Å². The maximum absolute atomic E-state index is 13.5. The lowest BCUT2D eigenvalue weighted by Crippen LogP contribution is -2.51. The molecule has 12 nitrogen and oxygen atoms in total. The molecule has 3 amide bonds. The van der Waals surface area contributed by atoms with Gasteiger partial charge in [0.25, 0.3) is 0 Å². The van der Waals surface area contributed by atoms with E-state index in [1.807, 2.05) is 36.5 Å². The number of imidazole rings is 2. The van der Waals surface area contributed by atoms with Crippen LogP contribution in [0.1, 0.15) is 74.6 Å². The van der Waals surface area contributed by atoms with E-state index >= 15 is 0 Å². The summed E-state index contributed by atoms with van der Waals surface area (Å²) >= 11 is 1.56. The van der Waals surface area contributed by atoms with Gasteiger partial charge in [0.15, 0.2) is 0 Å². The van der Waals surface area contributed by atoms with Gasteiger partial charge >= 0.3 is 6.09 Å². The average molecular weight is 747 g/mol. The molecule has 1 aliphatic heterocycles. The highest BCUT2D eigenvalue weighted by Crippen LogP contribution is 2.56. The van der Waals surface area contributed by atoms with Crippen LogP contribution >= 0.6 is 11.3 Å². The number of nitrogens with one attached hydrogen (secondary N) is 4. The minimum atomic E-state index is -0.675. The quantitative estimate of drug-likeness (QED) is 0.113. The Morgan fingerprint density at radius 1 is 0.870 bits per heavy atom. The molecule has 4 heterocycles. The number of ether oxygens (including phenoxy) is 1. The molecule has 8 rings (SSSR count). The predicted molar refractivity (Wildman–Crippen MR) is 206 cm³/mol. The third-order valence-electron chi connectivity index (χ3n) is 11.6. The summed E-state index contributed by atoms with van der Waals surface area (Å²) in [4.78, 5) is 61.6. The number of benzene rings is 2. The zero-order chi connectivity index (χ0) is 37.3. The fourth-order valence-corrected chi connectivity index (χ4v) is 9.42. The van der Waals surface area contributed by atoms with Crippen molar-refractivity contribution in [3.63, 3.8) is 0 Å². The number of aromatic nitrogens is 5. The lowest BCUT2D eigenvalue weighted by molar-refractivity contribution is -0.135. The SMILES string of the molecule is COC(=O)N[C@H](C(=O)N1CCC[C@H]1c1ncc(-c2ccc(-c3ccc(-c4cnc([C@@H]5C6CCC(C6)[C@H]5C(=O)NCc5nccs5)[nH]4)cc3)cc2)[nH]1)C(C)C. The molecular formula is C41H46N8O4S. The van der Waals surface area contributed by atoms with Gasteiger partial charge in [-0.2, -0.15) is 0 Å². The molecule has 3 aromatic heterocycles. The van der Waals surface area contributed by atoms with Crippen LogP contribution in [0.15, 0.2) is 72.5 Å². The van der Waals surface area contributed by atoms with Gasteiger partial charge in [-0.3, -0.25) is 9.59 Å². The van der Waals surface area contributed by atoms with E-state index in [-0.39, 0.29) is 35.6 Å². The van der Waals surface area contributed by atoms with Crippen LogP contribution in [0.3, 0.4) is 0 Å². The van der Waals surface area contributed by atoms with Crippen molar-refractivity contribution in [1.82, 2.24) is 40.5 Å². The van der Waals surface area contributed by atoms with Gasteiger partial charge in [-0.25, -0.2) is 19.7 Å². The molecule has 2 unspecified atom stereocenters. The van der Waals surface area contributed by atoms with Gasteiger partial charge < -0.3 is 30.2 Å². The van der Waals surface area contributed by atoms with E-state index in [0.29, 0.717) is 24.9 Å². The van der Waals surface area contributed by atoms with Crippen LogP contribution in [0, 0.1) is 23.7 Å². The second-order valence-electron chi connectivity index (χ2n) is 15.1. The second-order valence-corrected chi connectivity index (χ2v) is 16.1. The Labute approximate surface area is 318 Å². The van der Waals surface area contributed by atoms with E-state index < -0.39 is 12.1 Å². The monoisotopic (exact) mass is 746 g/mol. The molecule has 3 fully saturated rings. The van der Waals surface area contributed by atoms with Gasteiger partial charge in [-0.05, 0) is 72.1 Å². The number of aromatic amines is 2. The maximum atomic E-state index is 13.5. The second kappa shape index (κ2) is 15.2. The summed E-state index contributed by atoms with van der Waals surface area (Å²) in [5.74, 6) is 2.46. The third-order valence-corrected chi connectivity index (χ3v) is 12.4. The highest BCUT2D eigenvalue weighted by Gasteiger charge is 2.52. The van der Waals surface area contributed by atoms with E-state index in [2.05, 4.69) is 79.1 Å². The lowest BCUT2D eigenvalue weighted by atomic mass is 9.78. The van der Waals surface area contributed by atoms with Gasteiger partial charge in [0.1, 0.15) is 22.7 Å². The predicted octanol–water partition coefficient (Wildman–Crippen LogP) is 7.08. The Hall–Kier alpha value is -5.30. The molecule has 1 saturated heterocycles. The first-order chi connectivity index (χ1) is 26.3. The topological polar surface area (TPSA) is 158 Å². The van der Waals surface area contributed by atoms with Crippen LogP contribution in [0.2, 0.25) is 0 Å². The normalized spacial score (nSPS) is 22.4. The number of amides is 3. The van der Waals surface area contributed by atoms with Crippen LogP contribution in [0.5, 0.6) is 0 Å². The Morgan fingerprint density at radius 3 is 2.13 bits per heavy atom. The van der Waals surface area contributed by atoms with Crippen LogP contribution in [0.4, 0.5) is 4.79 Å². The molecule has 2 aliphatic carbocycles. The van der Waals surface area contributed by atoms with Gasteiger partial charge in [0.05, 0.1) is 49.4 Å². The van der Waals surface area contributed by atoms with Gasteiger partial charge in [-0.15, -0.1) is 11.3 Å². The first-order valence-corrected chi connectivity index (χ1v) is 19.8. The Bertz CT molecular complexity index is 2090. The minimum absolute atomic E-state index is 0.0673. The molecule has 3 aliphatic rings. The summed E-state index contributed by atoms with van der Waals surface area (Å²) in [5.41, 5.74) is 6.07. The molecule has 5 aromatic rings. The minimum Gasteiger partial charge on any atom is -0.453 e. The molecule has 0 spiro atoms. The molecule has 54 heavy (non-hydrogen) atoms. The number of hydrogen-bond acceptors (Lipinski definition) is 8. The van der Waals surface area contributed by atoms with E-state index in [1.54, 1.807) is 17.5 Å². The van der Waals surface area contributed by atoms with E-state index in [9.17, 15) is 14.4 Å². The van der Waals surface area contributed by atoms with Crippen molar-refractivity contribution in [2.45, 2.75) is 70.5 Å². The van der Waals surface area contributed by atoms with Crippen molar-refractivity contribution in [3.05, 3.63) is 89.2 Å². The molecule has 0 radical (unpaired) electrons. The standard InChI is InChI=1S/C41H46N8O4S/c1-23(2)36(48-41(52)53-3)40(51)49-17-4-5-32(49)37-43-20-30(46-37)26-10-6-24(7-11-26)25-8-12-27(13-9-25)31-21-44-38(47-31)34-28-14-15-29(19-28)35(34)39(50)45-22-33-42-16-18-54-33/h6-13,16,18,20-21,23,28-29,32,34-36H,4-5,14-15,17,19,22H2,1-3H3,(H,43,46)(H,44,47)(H,45,50)(H,48,52)/t28?,29?,32-,34+,35+,36-/m0/s1. The number of thiazole rings is 1. The van der Waals surface area contributed by atoms with Gasteiger partial charge in [0.2, 0.25) is 11.8 Å². The van der Waals surface area contributed by atoms with Crippen molar-refractivity contribution < 1.29 is 19.1 Å². The Morgan fingerprint density at radius 2 is 1.50 bits per heavy atom. The number of nitrogens with zero attached hydrogens (tertiary/aromatic N) is 4. The number of alkyl carbamates (subject to hydrolysis) is 1. The number of carbonyl (C=O) groups is 3. The smallest absolute Gasteiger partial charge is 0.407 e. The molecule has 4 N–H and O–H groups in total. The summed E-state index contributed by atoms with van der Waals surface area (Å²) in [6, 6.07) is 16.0.